The fourth-order valence-electron chi connectivity index (χ4n) is 3.09. The summed E-state index contributed by atoms with van der Waals surface area (Å²) in [6.07, 6.45) is -10.9. The number of hydrogen-bond acceptors (Lipinski definition) is 4. The van der Waals surface area contributed by atoms with Crippen molar-refractivity contribution >= 4 is 11.7 Å². The Morgan fingerprint density at radius 1 is 1.13 bits per heavy atom. The second kappa shape index (κ2) is 7.22. The number of carboxylic acids is 1. The molecule has 0 amide bonds. The van der Waals surface area contributed by atoms with Gasteiger partial charge in [-0.15, -0.1) is 13.2 Å². The molecule has 2 aromatic carbocycles. The number of rotatable bonds is 4. The van der Waals surface area contributed by atoms with E-state index in [0.717, 1.165) is 18.2 Å². The van der Waals surface area contributed by atoms with E-state index < -0.39 is 41.8 Å². The van der Waals surface area contributed by atoms with E-state index in [1.807, 2.05) is 0 Å². The highest BCUT2D eigenvalue weighted by Gasteiger charge is 2.62. The minimum Gasteiger partial charge on any atom is -0.478 e. The van der Waals surface area contributed by atoms with Crippen LogP contribution >= 0.6 is 0 Å². The van der Waals surface area contributed by atoms with E-state index in [0.29, 0.717) is 11.6 Å². The van der Waals surface area contributed by atoms with Gasteiger partial charge in [0.2, 0.25) is 0 Å². The number of hydrogen-bond donors (Lipinski definition) is 1. The van der Waals surface area contributed by atoms with Crippen LogP contribution in [0.2, 0.25) is 0 Å². The molecule has 5 nitrogen and oxygen atoms in total. The lowest BCUT2D eigenvalue weighted by Gasteiger charge is -2.29. The van der Waals surface area contributed by atoms with Crippen molar-refractivity contribution in [2.75, 3.05) is 0 Å². The molecule has 0 spiro atoms. The van der Waals surface area contributed by atoms with Gasteiger partial charge in [0.05, 0.1) is 11.3 Å². The molecule has 1 unspecified atom stereocenters. The third-order valence-corrected chi connectivity index (χ3v) is 4.51. The standard InChI is InChI=1S/C19H13F6NO4/c1-10-7-11(5-6-14(10)16(27)28)15-9-17(30-26-15,18(20,21)22)12-3-2-4-13(8-12)29-19(23,24)25/h2-8H,9H2,1H3,(H,27,28). The first kappa shape index (κ1) is 21.5. The number of benzene rings is 2. The molecule has 30 heavy (non-hydrogen) atoms. The summed E-state index contributed by atoms with van der Waals surface area (Å²) < 4.78 is 83.0. The highest BCUT2D eigenvalue weighted by atomic mass is 19.4. The van der Waals surface area contributed by atoms with E-state index in [1.165, 1.54) is 25.1 Å². The number of nitrogens with zero attached hydrogens (tertiary/aromatic N) is 1. The third kappa shape index (κ3) is 4.05. The topological polar surface area (TPSA) is 68.1 Å². The van der Waals surface area contributed by atoms with Gasteiger partial charge in [-0.25, -0.2) is 4.79 Å². The Labute approximate surface area is 165 Å². The smallest absolute Gasteiger partial charge is 0.478 e. The molecule has 0 fully saturated rings. The van der Waals surface area contributed by atoms with Gasteiger partial charge >= 0.3 is 18.5 Å². The molecule has 0 saturated heterocycles. The van der Waals surface area contributed by atoms with Crippen molar-refractivity contribution in [1.29, 1.82) is 0 Å². The zero-order valence-corrected chi connectivity index (χ0v) is 15.1. The Hall–Kier alpha value is -3.24. The predicted molar refractivity (Wildman–Crippen MR) is 91.2 cm³/mol. The molecular weight excluding hydrogens is 420 g/mol. The van der Waals surface area contributed by atoms with E-state index in [1.54, 1.807) is 0 Å². The second-order valence-electron chi connectivity index (χ2n) is 6.54. The molecule has 2 aromatic rings. The van der Waals surface area contributed by atoms with Crippen LogP contribution in [0.5, 0.6) is 5.75 Å². The van der Waals surface area contributed by atoms with Gasteiger partial charge in [0.1, 0.15) is 5.75 Å². The van der Waals surface area contributed by atoms with E-state index in [-0.39, 0.29) is 16.8 Å². The molecule has 0 saturated carbocycles. The van der Waals surface area contributed by atoms with Crippen LogP contribution in [0.25, 0.3) is 0 Å². The lowest BCUT2D eigenvalue weighted by Crippen LogP contribution is -2.42. The third-order valence-electron chi connectivity index (χ3n) is 4.51. The van der Waals surface area contributed by atoms with Gasteiger partial charge < -0.3 is 14.7 Å². The number of ether oxygens (including phenoxy) is 1. The highest BCUT2D eigenvalue weighted by molar-refractivity contribution is 6.03. The van der Waals surface area contributed by atoms with Crippen molar-refractivity contribution < 1.29 is 45.8 Å². The minimum atomic E-state index is -5.08. The van der Waals surface area contributed by atoms with Gasteiger partial charge in [0.25, 0.3) is 5.60 Å². The molecule has 0 aromatic heterocycles. The van der Waals surface area contributed by atoms with E-state index >= 15 is 0 Å². The van der Waals surface area contributed by atoms with Crippen LogP contribution in [0.3, 0.4) is 0 Å². The van der Waals surface area contributed by atoms with Gasteiger partial charge in [-0.2, -0.15) is 13.2 Å². The van der Waals surface area contributed by atoms with Crippen LogP contribution in [0.15, 0.2) is 47.6 Å². The van der Waals surface area contributed by atoms with Crippen LogP contribution in [0.4, 0.5) is 26.3 Å². The fraction of sp³-hybridized carbons (Fsp3) is 0.263. The zero-order chi connectivity index (χ0) is 22.3. The summed E-state index contributed by atoms with van der Waals surface area (Å²) >= 11 is 0. The Kier molecular flexibility index (Phi) is 5.17. The Bertz CT molecular complexity index is 1010. The van der Waals surface area contributed by atoms with Crippen molar-refractivity contribution in [2.45, 2.75) is 31.5 Å². The van der Waals surface area contributed by atoms with Crippen LogP contribution in [-0.4, -0.2) is 29.3 Å². The zero-order valence-electron chi connectivity index (χ0n) is 15.1. The Morgan fingerprint density at radius 2 is 1.83 bits per heavy atom. The maximum absolute atomic E-state index is 14.0. The van der Waals surface area contributed by atoms with Gasteiger partial charge in [-0.05, 0) is 42.3 Å². The van der Waals surface area contributed by atoms with Crippen LogP contribution < -0.4 is 4.74 Å². The summed E-state index contributed by atoms with van der Waals surface area (Å²) in [5.41, 5.74) is -3.30. The summed E-state index contributed by atoms with van der Waals surface area (Å²) in [6.45, 7) is 1.47. The minimum absolute atomic E-state index is 0.0302. The van der Waals surface area contributed by atoms with E-state index in [2.05, 4.69) is 9.89 Å². The average Bonchev–Trinajstić information content (AvgIpc) is 3.07. The number of alkyl halides is 6. The van der Waals surface area contributed by atoms with Gasteiger partial charge in [-0.1, -0.05) is 23.4 Å². The molecule has 0 aliphatic carbocycles. The molecule has 3 rings (SSSR count). The average molecular weight is 433 g/mol. The number of halogens is 6. The summed E-state index contributed by atoms with van der Waals surface area (Å²) in [5, 5.41) is 12.6. The van der Waals surface area contributed by atoms with Crippen molar-refractivity contribution in [1.82, 2.24) is 0 Å². The first-order valence-corrected chi connectivity index (χ1v) is 8.35. The fourth-order valence-corrected chi connectivity index (χ4v) is 3.09. The molecular formula is C19H13F6NO4. The van der Waals surface area contributed by atoms with Crippen molar-refractivity contribution in [3.8, 4) is 5.75 Å². The van der Waals surface area contributed by atoms with E-state index in [4.69, 9.17) is 9.94 Å². The normalized spacial score (nSPS) is 19.2. The summed E-state index contributed by atoms with van der Waals surface area (Å²) in [5.74, 6) is -2.03. The molecule has 1 heterocycles. The molecule has 0 radical (unpaired) electrons. The number of oxime groups is 1. The maximum atomic E-state index is 14.0. The summed E-state index contributed by atoms with van der Waals surface area (Å²) in [6, 6.07) is 7.27. The monoisotopic (exact) mass is 433 g/mol. The van der Waals surface area contributed by atoms with E-state index in [9.17, 15) is 31.1 Å². The van der Waals surface area contributed by atoms with Crippen LogP contribution in [0.1, 0.15) is 33.5 Å². The van der Waals surface area contributed by atoms with Gasteiger partial charge in [-0.3, -0.25) is 0 Å². The molecule has 0 bridgehead atoms. The van der Waals surface area contributed by atoms with Crippen molar-refractivity contribution in [3.05, 3.63) is 64.7 Å². The predicted octanol–water partition coefficient (Wildman–Crippen LogP) is 5.17. The lowest BCUT2D eigenvalue weighted by atomic mass is 9.86. The lowest BCUT2D eigenvalue weighted by molar-refractivity contribution is -0.277. The molecule has 11 heteroatoms. The Balaban J connectivity index is 1.98. The summed E-state index contributed by atoms with van der Waals surface area (Å²) in [7, 11) is 0. The second-order valence-corrected chi connectivity index (χ2v) is 6.54. The van der Waals surface area contributed by atoms with Crippen LogP contribution in [0, 0.1) is 6.92 Å². The molecule has 160 valence electrons. The molecule has 1 N–H and O–H groups in total. The maximum Gasteiger partial charge on any atom is 0.573 e. The van der Waals surface area contributed by atoms with Crippen molar-refractivity contribution in [2.24, 2.45) is 5.16 Å². The molecule has 1 atom stereocenters. The van der Waals surface area contributed by atoms with Gasteiger partial charge in [0, 0.05) is 12.0 Å². The number of aromatic carboxylic acids is 1. The summed E-state index contributed by atoms with van der Waals surface area (Å²) in [4.78, 5) is 15.9. The number of aryl methyl sites for hydroxylation is 1. The van der Waals surface area contributed by atoms with Crippen molar-refractivity contribution in [3.63, 3.8) is 0 Å². The van der Waals surface area contributed by atoms with Gasteiger partial charge in [0.15, 0.2) is 0 Å². The largest absolute Gasteiger partial charge is 0.573 e. The molecule has 1 aliphatic heterocycles. The SMILES string of the molecule is Cc1cc(C2=NOC(c3cccc(OC(F)(F)F)c3)(C(F)(F)F)C2)ccc1C(=O)O. The number of carboxylic acid groups (broad SMARTS) is 1. The molecule has 1 aliphatic rings. The van der Waals surface area contributed by atoms with Crippen LogP contribution in [-0.2, 0) is 10.4 Å². The highest BCUT2D eigenvalue weighted by Crippen LogP contribution is 2.49. The first-order valence-electron chi connectivity index (χ1n) is 8.35. The Morgan fingerprint density at radius 3 is 2.40 bits per heavy atom. The number of carbonyl (C=O) groups is 1. The first-order chi connectivity index (χ1) is 13.8. The quantitative estimate of drug-likeness (QED) is 0.676.